The first-order valence-corrected chi connectivity index (χ1v) is 10.3. The number of urea groups is 1. The topological polar surface area (TPSA) is 70.6 Å². The second-order valence-electron chi connectivity index (χ2n) is 7.97. The Bertz CT molecular complexity index is 830. The quantitative estimate of drug-likeness (QED) is 0.809. The Labute approximate surface area is 172 Å². The molecule has 7 heteroatoms. The summed E-state index contributed by atoms with van der Waals surface area (Å²) in [5.41, 5.74) is 3.64. The molecule has 1 aromatic carbocycles. The van der Waals surface area contributed by atoms with Crippen LogP contribution in [0, 0.1) is 0 Å². The molecule has 1 aromatic heterocycles. The van der Waals surface area contributed by atoms with Gasteiger partial charge in [0.2, 0.25) is 5.95 Å². The minimum Gasteiger partial charge on any atom is -0.368 e. The SMILES string of the molecule is CN(C)c1nccc(C2CN(C(=O)NC3CCc4ccccc4CC3)CCO2)n1. The number of nitrogens with one attached hydrogen (secondary N) is 1. The molecule has 7 nitrogen and oxygen atoms in total. The van der Waals surface area contributed by atoms with E-state index in [4.69, 9.17) is 4.74 Å². The molecule has 1 unspecified atom stereocenters. The van der Waals surface area contributed by atoms with E-state index in [0.717, 1.165) is 31.4 Å². The van der Waals surface area contributed by atoms with Crippen molar-refractivity contribution in [2.45, 2.75) is 37.8 Å². The highest BCUT2D eigenvalue weighted by atomic mass is 16.5. The molecule has 4 rings (SSSR count). The number of aryl methyl sites for hydroxylation is 2. The molecule has 0 saturated carbocycles. The van der Waals surface area contributed by atoms with Gasteiger partial charge in [0.15, 0.2) is 0 Å². The lowest BCUT2D eigenvalue weighted by Gasteiger charge is -2.34. The number of amides is 2. The number of morpholine rings is 1. The summed E-state index contributed by atoms with van der Waals surface area (Å²) in [6, 6.07) is 10.7. The van der Waals surface area contributed by atoms with Gasteiger partial charge in [0.25, 0.3) is 0 Å². The molecule has 0 bridgehead atoms. The van der Waals surface area contributed by atoms with E-state index in [-0.39, 0.29) is 18.2 Å². The van der Waals surface area contributed by atoms with Gasteiger partial charge in [0, 0.05) is 32.9 Å². The van der Waals surface area contributed by atoms with Crippen molar-refractivity contribution in [2.24, 2.45) is 0 Å². The van der Waals surface area contributed by atoms with Crippen LogP contribution in [0.2, 0.25) is 0 Å². The highest BCUT2D eigenvalue weighted by Gasteiger charge is 2.28. The second-order valence-corrected chi connectivity index (χ2v) is 7.97. The number of carbonyl (C=O) groups is 1. The van der Waals surface area contributed by atoms with Crippen LogP contribution in [0.3, 0.4) is 0 Å². The van der Waals surface area contributed by atoms with Crippen molar-refractivity contribution >= 4 is 12.0 Å². The fraction of sp³-hybridized carbons (Fsp3) is 0.500. The van der Waals surface area contributed by atoms with Gasteiger partial charge in [-0.25, -0.2) is 14.8 Å². The summed E-state index contributed by atoms with van der Waals surface area (Å²) >= 11 is 0. The van der Waals surface area contributed by atoms with E-state index >= 15 is 0 Å². The number of nitrogens with zero attached hydrogens (tertiary/aromatic N) is 4. The van der Waals surface area contributed by atoms with Crippen LogP contribution in [0.5, 0.6) is 0 Å². The average molecular weight is 396 g/mol. The number of rotatable bonds is 3. The van der Waals surface area contributed by atoms with E-state index in [1.165, 1.54) is 11.1 Å². The third-order valence-electron chi connectivity index (χ3n) is 5.72. The van der Waals surface area contributed by atoms with Crippen LogP contribution in [0.15, 0.2) is 36.5 Å². The number of anilines is 1. The molecule has 2 amide bonds. The molecule has 1 N–H and O–H groups in total. The summed E-state index contributed by atoms with van der Waals surface area (Å²) in [4.78, 5) is 25.5. The largest absolute Gasteiger partial charge is 0.368 e. The van der Waals surface area contributed by atoms with E-state index in [0.29, 0.717) is 25.6 Å². The minimum atomic E-state index is -0.227. The van der Waals surface area contributed by atoms with Crippen molar-refractivity contribution < 1.29 is 9.53 Å². The zero-order valence-corrected chi connectivity index (χ0v) is 17.2. The molecular weight excluding hydrogens is 366 g/mol. The van der Waals surface area contributed by atoms with Crippen molar-refractivity contribution in [2.75, 3.05) is 38.7 Å². The smallest absolute Gasteiger partial charge is 0.317 e. The number of hydrogen-bond acceptors (Lipinski definition) is 5. The van der Waals surface area contributed by atoms with E-state index in [2.05, 4.69) is 39.6 Å². The van der Waals surface area contributed by atoms with Gasteiger partial charge in [-0.1, -0.05) is 24.3 Å². The maximum absolute atomic E-state index is 12.9. The fourth-order valence-corrected chi connectivity index (χ4v) is 4.03. The van der Waals surface area contributed by atoms with Crippen molar-refractivity contribution in [1.82, 2.24) is 20.2 Å². The maximum atomic E-state index is 12.9. The number of hydrogen-bond donors (Lipinski definition) is 1. The molecular formula is C22H29N5O2. The molecule has 0 radical (unpaired) electrons. The number of benzene rings is 1. The van der Waals surface area contributed by atoms with Gasteiger partial charge in [-0.15, -0.1) is 0 Å². The van der Waals surface area contributed by atoms with Crippen LogP contribution in [0.4, 0.5) is 10.7 Å². The highest BCUT2D eigenvalue weighted by Crippen LogP contribution is 2.23. The first kappa shape index (κ1) is 19.6. The second kappa shape index (κ2) is 8.78. The molecule has 1 fully saturated rings. The third kappa shape index (κ3) is 4.67. The van der Waals surface area contributed by atoms with Crippen LogP contribution in [-0.2, 0) is 17.6 Å². The van der Waals surface area contributed by atoms with Gasteiger partial charge in [-0.05, 0) is 42.9 Å². The Balaban J connectivity index is 1.36. The first-order chi connectivity index (χ1) is 14.1. The van der Waals surface area contributed by atoms with Crippen molar-refractivity contribution in [1.29, 1.82) is 0 Å². The lowest BCUT2D eigenvalue weighted by Crippen LogP contribution is -2.50. The third-order valence-corrected chi connectivity index (χ3v) is 5.72. The first-order valence-electron chi connectivity index (χ1n) is 10.3. The predicted molar refractivity (Wildman–Crippen MR) is 112 cm³/mol. The monoisotopic (exact) mass is 395 g/mol. The summed E-state index contributed by atoms with van der Waals surface area (Å²) in [5.74, 6) is 0.644. The van der Waals surface area contributed by atoms with Gasteiger partial charge in [-0.2, -0.15) is 0 Å². The molecule has 2 aliphatic rings. The fourth-order valence-electron chi connectivity index (χ4n) is 4.03. The normalized spacial score (nSPS) is 19.9. The molecule has 1 aliphatic heterocycles. The number of fused-ring (bicyclic) bond motifs is 1. The number of carbonyl (C=O) groups excluding carboxylic acids is 1. The highest BCUT2D eigenvalue weighted by molar-refractivity contribution is 5.74. The van der Waals surface area contributed by atoms with Gasteiger partial charge in [0.1, 0.15) is 6.10 Å². The van der Waals surface area contributed by atoms with Gasteiger partial charge in [0.05, 0.1) is 18.8 Å². The zero-order chi connectivity index (χ0) is 20.2. The van der Waals surface area contributed by atoms with E-state index in [1.54, 1.807) is 6.20 Å². The van der Waals surface area contributed by atoms with Crippen LogP contribution >= 0.6 is 0 Å². The van der Waals surface area contributed by atoms with Crippen LogP contribution < -0.4 is 10.2 Å². The average Bonchev–Trinajstić information content (AvgIpc) is 2.96. The summed E-state index contributed by atoms with van der Waals surface area (Å²) in [7, 11) is 3.82. The Hall–Kier alpha value is -2.67. The van der Waals surface area contributed by atoms with Crippen molar-refractivity contribution in [3.05, 3.63) is 53.3 Å². The minimum absolute atomic E-state index is 0.00357. The zero-order valence-electron chi connectivity index (χ0n) is 17.2. The van der Waals surface area contributed by atoms with Crippen molar-refractivity contribution in [3.63, 3.8) is 0 Å². The maximum Gasteiger partial charge on any atom is 0.317 e. The molecule has 0 spiro atoms. The van der Waals surface area contributed by atoms with E-state index in [1.807, 2.05) is 30.0 Å². The summed E-state index contributed by atoms with van der Waals surface area (Å²) < 4.78 is 5.90. The Morgan fingerprint density at radius 2 is 1.90 bits per heavy atom. The molecule has 29 heavy (non-hydrogen) atoms. The van der Waals surface area contributed by atoms with Crippen LogP contribution in [-0.4, -0.2) is 60.7 Å². The lowest BCUT2D eigenvalue weighted by molar-refractivity contribution is -0.0180. The number of ether oxygens (including phenoxy) is 1. The summed E-state index contributed by atoms with van der Waals surface area (Å²) in [5, 5.41) is 3.26. The van der Waals surface area contributed by atoms with Crippen LogP contribution in [0.1, 0.15) is 35.8 Å². The molecule has 1 aliphatic carbocycles. The lowest BCUT2D eigenvalue weighted by atomic mass is 10.0. The van der Waals surface area contributed by atoms with Crippen molar-refractivity contribution in [3.8, 4) is 0 Å². The van der Waals surface area contributed by atoms with Crippen LogP contribution in [0.25, 0.3) is 0 Å². The molecule has 1 saturated heterocycles. The van der Waals surface area contributed by atoms with Gasteiger partial charge < -0.3 is 19.9 Å². The summed E-state index contributed by atoms with van der Waals surface area (Å²) in [6.07, 6.45) is 5.50. The Morgan fingerprint density at radius 1 is 1.17 bits per heavy atom. The van der Waals surface area contributed by atoms with E-state index in [9.17, 15) is 4.79 Å². The summed E-state index contributed by atoms with van der Waals surface area (Å²) in [6.45, 7) is 1.61. The molecule has 2 heterocycles. The Kier molecular flexibility index (Phi) is 5.94. The Morgan fingerprint density at radius 3 is 2.59 bits per heavy atom. The van der Waals surface area contributed by atoms with Gasteiger partial charge >= 0.3 is 6.03 Å². The van der Waals surface area contributed by atoms with Gasteiger partial charge in [-0.3, -0.25) is 0 Å². The van der Waals surface area contributed by atoms with E-state index < -0.39 is 0 Å². The number of aromatic nitrogens is 2. The molecule has 154 valence electrons. The molecule has 2 aromatic rings. The standard InChI is InChI=1S/C22H29N5O2/c1-26(2)21-23-12-11-19(25-21)20-15-27(13-14-29-20)22(28)24-18-9-7-16-5-3-4-6-17(16)8-10-18/h3-6,11-12,18,20H,7-10,13-15H2,1-2H3,(H,24,28). The molecule has 1 atom stereocenters. The predicted octanol–water partition coefficient (Wildman–Crippen LogP) is 2.57.